The van der Waals surface area contributed by atoms with Gasteiger partial charge in [0.05, 0.1) is 5.60 Å². The lowest BCUT2D eigenvalue weighted by molar-refractivity contribution is 0.0213. The molecule has 96 valence electrons. The number of phenolic OH excluding ortho intramolecular Hbond substituents is 2. The second kappa shape index (κ2) is 5.38. The van der Waals surface area contributed by atoms with Gasteiger partial charge in [-0.2, -0.15) is 0 Å². The molecule has 4 nitrogen and oxygen atoms in total. The van der Waals surface area contributed by atoms with Crippen LogP contribution in [0, 0.1) is 0 Å². The molecule has 4 heteroatoms. The van der Waals surface area contributed by atoms with Crippen molar-refractivity contribution in [1.82, 2.24) is 5.32 Å². The first-order chi connectivity index (χ1) is 7.85. The zero-order chi connectivity index (χ0) is 13.1. The Kier molecular flexibility index (Phi) is 4.37. The van der Waals surface area contributed by atoms with E-state index in [2.05, 4.69) is 5.32 Å². The van der Waals surface area contributed by atoms with Gasteiger partial charge in [0.15, 0.2) is 0 Å². The van der Waals surface area contributed by atoms with Crippen molar-refractivity contribution in [3.63, 3.8) is 0 Å². The first-order valence-electron chi connectivity index (χ1n) is 5.66. The van der Waals surface area contributed by atoms with Gasteiger partial charge in [0.1, 0.15) is 11.5 Å². The Labute approximate surface area is 102 Å². The summed E-state index contributed by atoms with van der Waals surface area (Å²) in [7, 11) is 1.67. The number of phenols is 2. The smallest absolute Gasteiger partial charge is 0.124 e. The highest BCUT2D eigenvalue weighted by Gasteiger charge is 2.18. The van der Waals surface area contributed by atoms with Crippen LogP contribution in [0.15, 0.2) is 18.2 Å². The van der Waals surface area contributed by atoms with Crippen molar-refractivity contribution in [2.45, 2.75) is 32.4 Å². The molecule has 0 aliphatic heterocycles. The minimum absolute atomic E-state index is 0.00924. The van der Waals surface area contributed by atoms with E-state index in [0.29, 0.717) is 6.54 Å². The predicted molar refractivity (Wildman–Crippen MR) is 67.3 cm³/mol. The molecule has 1 aromatic rings. The number of benzene rings is 1. The quantitative estimate of drug-likeness (QED) is 0.737. The lowest BCUT2D eigenvalue weighted by Gasteiger charge is -2.26. The van der Waals surface area contributed by atoms with Crippen molar-refractivity contribution >= 4 is 0 Å². The van der Waals surface area contributed by atoms with Crippen LogP contribution in [0.5, 0.6) is 11.5 Å². The highest BCUT2D eigenvalue weighted by atomic mass is 16.5. The van der Waals surface area contributed by atoms with E-state index in [1.807, 2.05) is 20.8 Å². The van der Waals surface area contributed by atoms with Gasteiger partial charge in [-0.1, -0.05) is 6.07 Å². The van der Waals surface area contributed by atoms with Crippen molar-refractivity contribution in [3.8, 4) is 11.5 Å². The molecule has 3 N–H and O–H groups in total. The normalized spacial score (nSPS) is 13.6. The van der Waals surface area contributed by atoms with E-state index in [9.17, 15) is 10.2 Å². The molecule has 1 unspecified atom stereocenters. The van der Waals surface area contributed by atoms with E-state index < -0.39 is 0 Å². The van der Waals surface area contributed by atoms with Crippen LogP contribution in [-0.4, -0.2) is 29.5 Å². The van der Waals surface area contributed by atoms with Gasteiger partial charge in [0.2, 0.25) is 0 Å². The monoisotopic (exact) mass is 239 g/mol. The standard InChI is InChI=1S/C13H21NO3/c1-9(14-8-13(2,3)17-4)11-6-5-10(15)7-12(11)16/h5-7,9,14-16H,8H2,1-4H3. The molecule has 0 spiro atoms. The molecule has 0 aliphatic carbocycles. The topological polar surface area (TPSA) is 61.7 Å². The second-order valence-corrected chi connectivity index (χ2v) is 4.81. The minimum atomic E-state index is -0.249. The van der Waals surface area contributed by atoms with Crippen LogP contribution in [0.3, 0.4) is 0 Å². The predicted octanol–water partition coefficient (Wildman–Crippen LogP) is 2.17. The van der Waals surface area contributed by atoms with Crippen LogP contribution in [0.1, 0.15) is 32.4 Å². The molecule has 0 radical (unpaired) electrons. The SMILES string of the molecule is COC(C)(C)CNC(C)c1ccc(O)cc1O. The minimum Gasteiger partial charge on any atom is -0.508 e. The number of aromatic hydroxyl groups is 2. The second-order valence-electron chi connectivity index (χ2n) is 4.81. The van der Waals surface area contributed by atoms with Crippen LogP contribution in [0.4, 0.5) is 0 Å². The van der Waals surface area contributed by atoms with E-state index in [1.54, 1.807) is 19.2 Å². The fourth-order valence-electron chi connectivity index (χ4n) is 1.48. The first-order valence-corrected chi connectivity index (χ1v) is 5.66. The molecule has 0 heterocycles. The number of rotatable bonds is 5. The summed E-state index contributed by atoms with van der Waals surface area (Å²) in [5, 5.41) is 22.2. The molecule has 0 bridgehead atoms. The van der Waals surface area contributed by atoms with Gasteiger partial charge in [-0.15, -0.1) is 0 Å². The Balaban J connectivity index is 2.67. The summed E-state index contributed by atoms with van der Waals surface area (Å²) in [6, 6.07) is 4.61. The third-order valence-corrected chi connectivity index (χ3v) is 2.87. The molecule has 1 rings (SSSR count). The van der Waals surface area contributed by atoms with Crippen molar-refractivity contribution in [2.75, 3.05) is 13.7 Å². The molecule has 0 fully saturated rings. The summed E-state index contributed by atoms with van der Waals surface area (Å²) in [5.74, 6) is 0.163. The summed E-state index contributed by atoms with van der Waals surface area (Å²) >= 11 is 0. The van der Waals surface area contributed by atoms with Gasteiger partial charge in [0.25, 0.3) is 0 Å². The summed E-state index contributed by atoms with van der Waals surface area (Å²) in [6.07, 6.45) is 0. The Hall–Kier alpha value is -1.26. The molecule has 0 saturated heterocycles. The Morgan fingerprint density at radius 2 is 2.00 bits per heavy atom. The zero-order valence-electron chi connectivity index (χ0n) is 10.8. The van der Waals surface area contributed by atoms with Gasteiger partial charge in [-0.25, -0.2) is 0 Å². The van der Waals surface area contributed by atoms with Crippen molar-refractivity contribution in [1.29, 1.82) is 0 Å². The summed E-state index contributed by atoms with van der Waals surface area (Å²) < 4.78 is 5.31. The van der Waals surface area contributed by atoms with Gasteiger partial charge in [-0.3, -0.25) is 0 Å². The maximum absolute atomic E-state index is 9.72. The Morgan fingerprint density at radius 1 is 1.35 bits per heavy atom. The van der Waals surface area contributed by atoms with E-state index in [-0.39, 0.29) is 23.1 Å². The number of hydrogen-bond donors (Lipinski definition) is 3. The first kappa shape index (κ1) is 13.8. The molecule has 0 amide bonds. The molecule has 0 saturated carbocycles. The Bertz CT molecular complexity index is 377. The number of nitrogens with one attached hydrogen (secondary N) is 1. The molecule has 1 atom stereocenters. The average Bonchev–Trinajstić information content (AvgIpc) is 2.26. The summed E-state index contributed by atoms with van der Waals surface area (Å²) in [5.41, 5.74) is 0.510. The van der Waals surface area contributed by atoms with Crippen molar-refractivity contribution in [2.24, 2.45) is 0 Å². The molecule has 1 aromatic carbocycles. The number of hydrogen-bond acceptors (Lipinski definition) is 4. The molecule has 0 aliphatic rings. The van der Waals surface area contributed by atoms with Crippen LogP contribution in [0.2, 0.25) is 0 Å². The number of methoxy groups -OCH3 is 1. The summed E-state index contributed by atoms with van der Waals surface area (Å²) in [4.78, 5) is 0. The van der Waals surface area contributed by atoms with E-state index in [1.165, 1.54) is 6.07 Å². The maximum atomic E-state index is 9.72. The molecular weight excluding hydrogens is 218 g/mol. The largest absolute Gasteiger partial charge is 0.508 e. The highest BCUT2D eigenvalue weighted by Crippen LogP contribution is 2.27. The fourth-order valence-corrected chi connectivity index (χ4v) is 1.48. The highest BCUT2D eigenvalue weighted by molar-refractivity contribution is 5.40. The van der Waals surface area contributed by atoms with Gasteiger partial charge in [-0.05, 0) is 26.8 Å². The molecular formula is C13H21NO3. The van der Waals surface area contributed by atoms with Crippen molar-refractivity contribution < 1.29 is 14.9 Å². The molecule has 0 aromatic heterocycles. The van der Waals surface area contributed by atoms with Crippen LogP contribution < -0.4 is 5.32 Å². The lowest BCUT2D eigenvalue weighted by Crippen LogP contribution is -2.37. The third-order valence-electron chi connectivity index (χ3n) is 2.87. The lowest BCUT2D eigenvalue weighted by atomic mass is 10.0. The average molecular weight is 239 g/mol. The van der Waals surface area contributed by atoms with Crippen molar-refractivity contribution in [3.05, 3.63) is 23.8 Å². The summed E-state index contributed by atoms with van der Waals surface area (Å²) in [6.45, 7) is 6.61. The van der Waals surface area contributed by atoms with E-state index in [0.717, 1.165) is 5.56 Å². The zero-order valence-corrected chi connectivity index (χ0v) is 10.8. The van der Waals surface area contributed by atoms with Crippen LogP contribution in [0.25, 0.3) is 0 Å². The van der Waals surface area contributed by atoms with E-state index in [4.69, 9.17) is 4.74 Å². The van der Waals surface area contributed by atoms with Gasteiger partial charge >= 0.3 is 0 Å². The molecule has 17 heavy (non-hydrogen) atoms. The van der Waals surface area contributed by atoms with E-state index >= 15 is 0 Å². The maximum Gasteiger partial charge on any atom is 0.124 e. The van der Waals surface area contributed by atoms with Gasteiger partial charge < -0.3 is 20.3 Å². The fraction of sp³-hybridized carbons (Fsp3) is 0.538. The van der Waals surface area contributed by atoms with Crippen LogP contribution in [-0.2, 0) is 4.74 Å². The third kappa shape index (κ3) is 3.91. The number of ether oxygens (including phenoxy) is 1. The Morgan fingerprint density at radius 3 is 2.53 bits per heavy atom. The van der Waals surface area contributed by atoms with Gasteiger partial charge in [0, 0.05) is 31.3 Å². The van der Waals surface area contributed by atoms with Crippen LogP contribution >= 0.6 is 0 Å².